The number of nitrogen functional groups attached to an aromatic ring is 1. The van der Waals surface area contributed by atoms with E-state index in [2.05, 4.69) is 26.0 Å². The van der Waals surface area contributed by atoms with Gasteiger partial charge in [-0.2, -0.15) is 4.98 Å². The van der Waals surface area contributed by atoms with Crippen molar-refractivity contribution in [3.63, 3.8) is 0 Å². The van der Waals surface area contributed by atoms with Crippen LogP contribution in [0.2, 0.25) is 0 Å². The van der Waals surface area contributed by atoms with Crippen LogP contribution in [0.3, 0.4) is 0 Å². The fourth-order valence-corrected chi connectivity index (χ4v) is 2.01. The normalized spacial score (nSPS) is 22.5. The van der Waals surface area contributed by atoms with E-state index in [9.17, 15) is 0 Å². The molecule has 0 aliphatic carbocycles. The lowest BCUT2D eigenvalue weighted by Crippen LogP contribution is -2.25. The molecule has 1 atom stereocenters. The highest BCUT2D eigenvalue weighted by Gasteiger charge is 2.16. The number of halogens is 1. The molecular weight excluding hydrogens is 248 g/mol. The zero-order chi connectivity index (χ0) is 9.97. The maximum Gasteiger partial charge on any atom is 0.240 e. The Morgan fingerprint density at radius 3 is 3.00 bits per heavy atom. The Balaban J connectivity index is 1.98. The van der Waals surface area contributed by atoms with Crippen LogP contribution in [0.25, 0.3) is 0 Å². The molecule has 0 amide bonds. The fraction of sp³-hybridized carbons (Fsp3) is 0.750. The molecule has 2 N–H and O–H groups in total. The summed E-state index contributed by atoms with van der Waals surface area (Å²) >= 11 is 3.30. The zero-order valence-electron chi connectivity index (χ0n) is 7.82. The first-order valence-electron chi connectivity index (χ1n) is 4.73. The van der Waals surface area contributed by atoms with Crippen LogP contribution in [-0.2, 0) is 11.3 Å². The standard InChI is InChI=1S/C8H13BrN4O/c9-7-11-8(10)12-13(7)5-6-3-1-2-4-14-6/h6H,1-5H2,(H2,10,12). The fourth-order valence-electron chi connectivity index (χ4n) is 1.60. The van der Waals surface area contributed by atoms with Crippen molar-refractivity contribution in [3.8, 4) is 0 Å². The molecule has 1 aliphatic heterocycles. The number of rotatable bonds is 2. The second-order valence-corrected chi connectivity index (χ2v) is 4.12. The molecule has 0 bridgehead atoms. The molecule has 1 aliphatic rings. The summed E-state index contributed by atoms with van der Waals surface area (Å²) in [6.45, 7) is 1.58. The van der Waals surface area contributed by atoms with Crippen molar-refractivity contribution in [2.75, 3.05) is 12.3 Å². The summed E-state index contributed by atoms with van der Waals surface area (Å²) in [7, 11) is 0. The van der Waals surface area contributed by atoms with Crippen molar-refractivity contribution in [2.24, 2.45) is 0 Å². The second kappa shape index (κ2) is 4.27. The van der Waals surface area contributed by atoms with Crippen LogP contribution in [0.1, 0.15) is 19.3 Å². The van der Waals surface area contributed by atoms with Crippen LogP contribution < -0.4 is 5.73 Å². The summed E-state index contributed by atoms with van der Waals surface area (Å²) in [5.41, 5.74) is 5.47. The van der Waals surface area contributed by atoms with E-state index < -0.39 is 0 Å². The number of hydrogen-bond donors (Lipinski definition) is 1. The van der Waals surface area contributed by atoms with Crippen LogP contribution in [0.5, 0.6) is 0 Å². The van der Waals surface area contributed by atoms with Crippen LogP contribution in [0.15, 0.2) is 4.73 Å². The molecule has 1 aromatic rings. The topological polar surface area (TPSA) is 66.0 Å². The zero-order valence-corrected chi connectivity index (χ0v) is 9.40. The van der Waals surface area contributed by atoms with Crippen LogP contribution in [-0.4, -0.2) is 27.5 Å². The molecule has 1 unspecified atom stereocenters. The van der Waals surface area contributed by atoms with Gasteiger partial charge in [0.25, 0.3) is 0 Å². The third-order valence-corrected chi connectivity index (χ3v) is 2.88. The van der Waals surface area contributed by atoms with E-state index in [1.807, 2.05) is 0 Å². The summed E-state index contributed by atoms with van der Waals surface area (Å²) in [5.74, 6) is 0.299. The molecule has 6 heteroatoms. The van der Waals surface area contributed by atoms with E-state index in [0.717, 1.165) is 26.0 Å². The van der Waals surface area contributed by atoms with Crippen molar-refractivity contribution in [1.29, 1.82) is 0 Å². The van der Waals surface area contributed by atoms with Crippen LogP contribution in [0.4, 0.5) is 5.95 Å². The highest BCUT2D eigenvalue weighted by Crippen LogP contribution is 2.16. The van der Waals surface area contributed by atoms with Gasteiger partial charge in [-0.15, -0.1) is 5.10 Å². The molecule has 14 heavy (non-hydrogen) atoms. The minimum absolute atomic E-state index is 0.251. The Bertz CT molecular complexity index is 308. The Kier molecular flexibility index (Phi) is 3.02. The Hall–Kier alpha value is -0.620. The molecule has 0 radical (unpaired) electrons. The molecule has 78 valence electrons. The van der Waals surface area contributed by atoms with Gasteiger partial charge >= 0.3 is 0 Å². The number of aromatic nitrogens is 3. The summed E-state index contributed by atoms with van der Waals surface area (Å²) in [4.78, 5) is 3.97. The van der Waals surface area contributed by atoms with E-state index in [1.165, 1.54) is 6.42 Å². The Morgan fingerprint density at radius 2 is 2.43 bits per heavy atom. The lowest BCUT2D eigenvalue weighted by atomic mass is 10.1. The third-order valence-electron chi connectivity index (χ3n) is 2.29. The summed E-state index contributed by atoms with van der Waals surface area (Å²) < 4.78 is 8.01. The van der Waals surface area contributed by atoms with Gasteiger partial charge in [-0.1, -0.05) is 0 Å². The summed E-state index contributed by atoms with van der Waals surface area (Å²) in [6, 6.07) is 0. The highest BCUT2D eigenvalue weighted by atomic mass is 79.9. The van der Waals surface area contributed by atoms with Gasteiger partial charge in [0.1, 0.15) is 0 Å². The number of hydrogen-bond acceptors (Lipinski definition) is 4. The van der Waals surface area contributed by atoms with Gasteiger partial charge in [0.15, 0.2) is 4.73 Å². The SMILES string of the molecule is Nc1nc(Br)n(CC2CCCCO2)n1. The monoisotopic (exact) mass is 260 g/mol. The van der Waals surface area contributed by atoms with Gasteiger partial charge in [-0.3, -0.25) is 0 Å². The molecule has 2 heterocycles. The third kappa shape index (κ3) is 2.24. The van der Waals surface area contributed by atoms with E-state index >= 15 is 0 Å². The molecule has 5 nitrogen and oxygen atoms in total. The predicted octanol–water partition coefficient (Wildman–Crippen LogP) is 1.19. The van der Waals surface area contributed by atoms with Crippen molar-refractivity contribution in [1.82, 2.24) is 14.8 Å². The van der Waals surface area contributed by atoms with Crippen LogP contribution in [0, 0.1) is 0 Å². The molecule has 0 spiro atoms. The number of nitrogens with two attached hydrogens (primary N) is 1. The number of anilines is 1. The molecule has 0 aromatic carbocycles. The van der Waals surface area contributed by atoms with Crippen molar-refractivity contribution >= 4 is 21.9 Å². The van der Waals surface area contributed by atoms with Gasteiger partial charge in [0, 0.05) is 6.61 Å². The lowest BCUT2D eigenvalue weighted by molar-refractivity contribution is 0.00357. The lowest BCUT2D eigenvalue weighted by Gasteiger charge is -2.22. The van der Waals surface area contributed by atoms with Gasteiger partial charge in [-0.05, 0) is 35.2 Å². The minimum Gasteiger partial charge on any atom is -0.376 e. The largest absolute Gasteiger partial charge is 0.376 e. The second-order valence-electron chi connectivity index (χ2n) is 3.41. The van der Waals surface area contributed by atoms with Crippen LogP contribution >= 0.6 is 15.9 Å². The van der Waals surface area contributed by atoms with E-state index in [1.54, 1.807) is 4.68 Å². The Labute approximate surface area is 90.8 Å². The average Bonchev–Trinajstić information content (AvgIpc) is 2.47. The highest BCUT2D eigenvalue weighted by molar-refractivity contribution is 9.10. The first-order valence-corrected chi connectivity index (χ1v) is 5.52. The smallest absolute Gasteiger partial charge is 0.240 e. The van der Waals surface area contributed by atoms with Crippen molar-refractivity contribution < 1.29 is 4.74 Å². The van der Waals surface area contributed by atoms with E-state index in [4.69, 9.17) is 10.5 Å². The molecule has 1 saturated heterocycles. The summed E-state index contributed by atoms with van der Waals surface area (Å²) in [6.07, 6.45) is 3.73. The molecule has 1 aromatic heterocycles. The number of ether oxygens (including phenoxy) is 1. The van der Waals surface area contributed by atoms with Gasteiger partial charge in [0.05, 0.1) is 12.6 Å². The average molecular weight is 261 g/mol. The van der Waals surface area contributed by atoms with E-state index in [0.29, 0.717) is 10.7 Å². The molecule has 1 fully saturated rings. The van der Waals surface area contributed by atoms with E-state index in [-0.39, 0.29) is 6.10 Å². The predicted molar refractivity (Wildman–Crippen MR) is 55.7 cm³/mol. The summed E-state index contributed by atoms with van der Waals surface area (Å²) in [5, 5.41) is 4.06. The van der Waals surface area contributed by atoms with Gasteiger partial charge in [0.2, 0.25) is 5.95 Å². The Morgan fingerprint density at radius 1 is 1.57 bits per heavy atom. The quantitative estimate of drug-likeness (QED) is 0.868. The van der Waals surface area contributed by atoms with Crippen molar-refractivity contribution in [3.05, 3.63) is 4.73 Å². The first kappa shape index (κ1) is 9.92. The van der Waals surface area contributed by atoms with Gasteiger partial charge in [-0.25, -0.2) is 4.68 Å². The van der Waals surface area contributed by atoms with Crippen molar-refractivity contribution in [2.45, 2.75) is 31.9 Å². The van der Waals surface area contributed by atoms with Gasteiger partial charge < -0.3 is 10.5 Å². The molecule has 0 saturated carbocycles. The number of nitrogens with zero attached hydrogens (tertiary/aromatic N) is 3. The molecule has 2 rings (SSSR count). The maximum absolute atomic E-state index is 5.60. The maximum atomic E-state index is 5.60. The first-order chi connectivity index (χ1) is 6.75. The minimum atomic E-state index is 0.251. The molecular formula is C8H13BrN4O.